The van der Waals surface area contributed by atoms with Crippen molar-refractivity contribution < 1.29 is 9.90 Å². The number of aliphatic hydroxyl groups excluding tert-OH is 1. The summed E-state index contributed by atoms with van der Waals surface area (Å²) >= 11 is 0. The van der Waals surface area contributed by atoms with E-state index in [2.05, 4.69) is 45.9 Å². The van der Waals surface area contributed by atoms with Crippen LogP contribution in [0.1, 0.15) is 5.56 Å². The molecule has 2 aliphatic rings. The fraction of sp³-hybridized carbons (Fsp3) is 0.632. The van der Waals surface area contributed by atoms with Crippen molar-refractivity contribution >= 4 is 11.6 Å². The third-order valence-corrected chi connectivity index (χ3v) is 5.24. The minimum Gasteiger partial charge on any atom is -0.395 e. The monoisotopic (exact) mass is 346 g/mol. The number of hydrogen-bond donors (Lipinski definition) is 1. The predicted octanol–water partition coefficient (Wildman–Crippen LogP) is 0.254. The standard InChI is InChI=1S/C19H30N4O2/c1-17-3-2-4-18(15-17)22-9-11-23(12-10-22)19(25)16-21-7-5-20(6-8-21)13-14-24/h2-4,15,24H,5-14,16H2,1H3. The van der Waals surface area contributed by atoms with Crippen LogP contribution in [0.2, 0.25) is 0 Å². The summed E-state index contributed by atoms with van der Waals surface area (Å²) in [6.45, 7) is 10.7. The minimum absolute atomic E-state index is 0.212. The van der Waals surface area contributed by atoms with Crippen LogP contribution in [0.25, 0.3) is 0 Å². The number of carbonyl (C=O) groups is 1. The van der Waals surface area contributed by atoms with Gasteiger partial charge in [-0.3, -0.25) is 14.6 Å². The molecule has 0 aromatic heterocycles. The van der Waals surface area contributed by atoms with Gasteiger partial charge in [-0.15, -0.1) is 0 Å². The third-order valence-electron chi connectivity index (χ3n) is 5.24. The first-order chi connectivity index (χ1) is 12.2. The first kappa shape index (κ1) is 18.2. The molecule has 1 N–H and O–H groups in total. The van der Waals surface area contributed by atoms with E-state index in [0.717, 1.165) is 58.9 Å². The second-order valence-corrected chi connectivity index (χ2v) is 7.05. The van der Waals surface area contributed by atoms with E-state index in [9.17, 15) is 4.79 Å². The fourth-order valence-electron chi connectivity index (χ4n) is 3.64. The van der Waals surface area contributed by atoms with Crippen LogP contribution < -0.4 is 4.90 Å². The zero-order valence-electron chi connectivity index (χ0n) is 15.2. The van der Waals surface area contributed by atoms with Gasteiger partial charge in [0.25, 0.3) is 0 Å². The topological polar surface area (TPSA) is 50.3 Å². The molecule has 0 spiro atoms. The number of rotatable bonds is 5. The molecule has 6 heteroatoms. The SMILES string of the molecule is Cc1cccc(N2CCN(C(=O)CN3CCN(CCO)CC3)CC2)c1. The second kappa shape index (κ2) is 8.65. The van der Waals surface area contributed by atoms with Crippen molar-refractivity contribution in [3.05, 3.63) is 29.8 Å². The van der Waals surface area contributed by atoms with Crippen LogP contribution in [0.15, 0.2) is 24.3 Å². The lowest BCUT2D eigenvalue weighted by atomic mass is 10.2. The number of amides is 1. The summed E-state index contributed by atoms with van der Waals surface area (Å²) in [6, 6.07) is 8.57. The number of nitrogens with zero attached hydrogens (tertiary/aromatic N) is 4. The van der Waals surface area contributed by atoms with Crippen molar-refractivity contribution in [1.82, 2.24) is 14.7 Å². The van der Waals surface area contributed by atoms with Crippen molar-refractivity contribution in [2.75, 3.05) is 77.0 Å². The summed E-state index contributed by atoms with van der Waals surface area (Å²) in [5.41, 5.74) is 2.53. The molecule has 2 saturated heterocycles. The number of anilines is 1. The van der Waals surface area contributed by atoms with Crippen LogP contribution in [0.3, 0.4) is 0 Å². The van der Waals surface area contributed by atoms with Gasteiger partial charge in [-0.25, -0.2) is 0 Å². The molecule has 25 heavy (non-hydrogen) atoms. The van der Waals surface area contributed by atoms with Crippen molar-refractivity contribution in [3.8, 4) is 0 Å². The molecule has 0 atom stereocenters. The van der Waals surface area contributed by atoms with E-state index >= 15 is 0 Å². The molecule has 138 valence electrons. The van der Waals surface area contributed by atoms with Crippen LogP contribution in [0, 0.1) is 6.92 Å². The number of hydrogen-bond acceptors (Lipinski definition) is 5. The Morgan fingerprint density at radius 2 is 1.68 bits per heavy atom. The molecule has 6 nitrogen and oxygen atoms in total. The molecule has 3 rings (SSSR count). The predicted molar refractivity (Wildman–Crippen MR) is 99.9 cm³/mol. The molecule has 1 aromatic rings. The molecule has 2 heterocycles. The third kappa shape index (κ3) is 4.93. The Morgan fingerprint density at radius 3 is 2.32 bits per heavy atom. The molecule has 0 radical (unpaired) electrons. The van der Waals surface area contributed by atoms with Crippen LogP contribution in [-0.4, -0.2) is 97.8 Å². The highest BCUT2D eigenvalue weighted by Crippen LogP contribution is 2.18. The van der Waals surface area contributed by atoms with Gasteiger partial charge in [0.1, 0.15) is 0 Å². The van der Waals surface area contributed by atoms with E-state index in [-0.39, 0.29) is 12.5 Å². The van der Waals surface area contributed by atoms with Crippen LogP contribution in [-0.2, 0) is 4.79 Å². The highest BCUT2D eigenvalue weighted by atomic mass is 16.3. The molecule has 0 bridgehead atoms. The number of β-amino-alcohol motifs (C(OH)–C–C–N with tert-alkyl or cyclic N) is 1. The number of benzene rings is 1. The average molecular weight is 346 g/mol. The highest BCUT2D eigenvalue weighted by molar-refractivity contribution is 5.78. The van der Waals surface area contributed by atoms with Gasteiger partial charge in [0.05, 0.1) is 13.2 Å². The summed E-state index contributed by atoms with van der Waals surface area (Å²) in [5.74, 6) is 0.250. The van der Waals surface area contributed by atoms with Crippen molar-refractivity contribution in [2.45, 2.75) is 6.92 Å². The minimum atomic E-state index is 0.212. The van der Waals surface area contributed by atoms with Gasteiger partial charge >= 0.3 is 0 Å². The zero-order valence-corrected chi connectivity index (χ0v) is 15.2. The zero-order chi connectivity index (χ0) is 17.6. The lowest BCUT2D eigenvalue weighted by molar-refractivity contribution is -0.133. The van der Waals surface area contributed by atoms with Gasteiger partial charge in [-0.2, -0.15) is 0 Å². The van der Waals surface area contributed by atoms with Gasteiger partial charge < -0.3 is 14.9 Å². The lowest BCUT2D eigenvalue weighted by Crippen LogP contribution is -2.54. The van der Waals surface area contributed by atoms with E-state index in [1.165, 1.54) is 11.3 Å². The fourth-order valence-corrected chi connectivity index (χ4v) is 3.64. The Labute approximate surface area is 150 Å². The summed E-state index contributed by atoms with van der Waals surface area (Å²) in [5, 5.41) is 9.00. The Bertz CT molecular complexity index is 564. The average Bonchev–Trinajstić information content (AvgIpc) is 2.64. The number of aliphatic hydroxyl groups is 1. The molecule has 2 fully saturated rings. The normalized spacial score (nSPS) is 20.1. The Kier molecular flexibility index (Phi) is 6.29. The Hall–Kier alpha value is -1.63. The van der Waals surface area contributed by atoms with Crippen LogP contribution >= 0.6 is 0 Å². The quantitative estimate of drug-likeness (QED) is 0.829. The maximum atomic E-state index is 12.6. The van der Waals surface area contributed by atoms with Gasteiger partial charge in [0, 0.05) is 64.6 Å². The maximum absolute atomic E-state index is 12.6. The van der Waals surface area contributed by atoms with E-state index in [4.69, 9.17) is 5.11 Å². The Morgan fingerprint density at radius 1 is 1.00 bits per heavy atom. The summed E-state index contributed by atoms with van der Waals surface area (Å²) in [7, 11) is 0. The first-order valence-electron chi connectivity index (χ1n) is 9.30. The summed E-state index contributed by atoms with van der Waals surface area (Å²) < 4.78 is 0. The van der Waals surface area contributed by atoms with Gasteiger partial charge in [-0.1, -0.05) is 12.1 Å². The first-order valence-corrected chi connectivity index (χ1v) is 9.30. The lowest BCUT2D eigenvalue weighted by Gasteiger charge is -2.38. The number of carbonyl (C=O) groups excluding carboxylic acids is 1. The van der Waals surface area contributed by atoms with Gasteiger partial charge in [0.2, 0.25) is 5.91 Å². The smallest absolute Gasteiger partial charge is 0.236 e. The summed E-state index contributed by atoms with van der Waals surface area (Å²) in [4.78, 5) is 21.4. The molecule has 0 saturated carbocycles. The number of aryl methyl sites for hydroxylation is 1. The molecular formula is C19H30N4O2. The number of piperazine rings is 2. The van der Waals surface area contributed by atoms with Crippen LogP contribution in [0.4, 0.5) is 5.69 Å². The van der Waals surface area contributed by atoms with Crippen molar-refractivity contribution in [3.63, 3.8) is 0 Å². The maximum Gasteiger partial charge on any atom is 0.236 e. The van der Waals surface area contributed by atoms with Gasteiger partial charge in [-0.05, 0) is 24.6 Å². The Balaban J connectivity index is 1.43. The molecule has 1 aromatic carbocycles. The van der Waals surface area contributed by atoms with E-state index in [0.29, 0.717) is 6.54 Å². The molecule has 2 aliphatic heterocycles. The second-order valence-electron chi connectivity index (χ2n) is 7.05. The van der Waals surface area contributed by atoms with Crippen molar-refractivity contribution in [1.29, 1.82) is 0 Å². The molecular weight excluding hydrogens is 316 g/mol. The van der Waals surface area contributed by atoms with E-state index in [1.54, 1.807) is 0 Å². The van der Waals surface area contributed by atoms with Gasteiger partial charge in [0.15, 0.2) is 0 Å². The van der Waals surface area contributed by atoms with Crippen LogP contribution in [0.5, 0.6) is 0 Å². The van der Waals surface area contributed by atoms with E-state index in [1.807, 2.05) is 4.90 Å². The largest absolute Gasteiger partial charge is 0.395 e. The van der Waals surface area contributed by atoms with E-state index < -0.39 is 0 Å². The highest BCUT2D eigenvalue weighted by Gasteiger charge is 2.24. The molecule has 1 amide bonds. The van der Waals surface area contributed by atoms with Crippen molar-refractivity contribution in [2.24, 2.45) is 0 Å². The summed E-state index contributed by atoms with van der Waals surface area (Å²) in [6.07, 6.45) is 0. The molecule has 0 aliphatic carbocycles. The molecule has 0 unspecified atom stereocenters.